The zero-order valence-electron chi connectivity index (χ0n) is 6.52. The van der Waals surface area contributed by atoms with E-state index in [0.717, 1.165) is 24.4 Å². The molecule has 0 atom stereocenters. The minimum Gasteiger partial charge on any atom is -0.344 e. The summed E-state index contributed by atoms with van der Waals surface area (Å²) < 4.78 is 0. The summed E-state index contributed by atoms with van der Waals surface area (Å²) in [6, 6.07) is 0. The van der Waals surface area contributed by atoms with Crippen LogP contribution in [0.1, 0.15) is 24.9 Å². The number of rotatable bonds is 3. The molecule has 0 amide bonds. The van der Waals surface area contributed by atoms with Gasteiger partial charge >= 0.3 is 0 Å². The molecule has 1 heterocycles. The number of nitrogens with one attached hydrogen (secondary N) is 1. The first-order valence-corrected chi connectivity index (χ1v) is 4.09. The first-order valence-electron chi connectivity index (χ1n) is 3.71. The quantitative estimate of drug-likeness (QED) is 0.728. The third kappa shape index (κ3) is 1.94. The number of imidazole rings is 1. The standard InChI is InChI=1S/C7H12ClN3/c1-2-3-6-10-5(4-9)7(8)11-6/h2-4,9H2,1H3,(H,10,11). The fourth-order valence-corrected chi connectivity index (χ4v) is 1.16. The number of aryl methyl sites for hydroxylation is 1. The van der Waals surface area contributed by atoms with Crippen LogP contribution in [0.15, 0.2) is 0 Å². The van der Waals surface area contributed by atoms with Crippen LogP contribution in [0.4, 0.5) is 0 Å². The molecule has 0 unspecified atom stereocenters. The van der Waals surface area contributed by atoms with E-state index in [9.17, 15) is 0 Å². The van der Waals surface area contributed by atoms with Gasteiger partial charge in [0.1, 0.15) is 5.82 Å². The lowest BCUT2D eigenvalue weighted by atomic mass is 10.3. The lowest BCUT2D eigenvalue weighted by Gasteiger charge is -1.89. The third-order valence-corrected chi connectivity index (χ3v) is 1.78. The van der Waals surface area contributed by atoms with Gasteiger partial charge in [0.2, 0.25) is 0 Å². The zero-order valence-corrected chi connectivity index (χ0v) is 7.28. The molecule has 1 aromatic heterocycles. The Balaban J connectivity index is 2.77. The van der Waals surface area contributed by atoms with Gasteiger partial charge in [0.25, 0.3) is 0 Å². The monoisotopic (exact) mass is 173 g/mol. The van der Waals surface area contributed by atoms with E-state index in [1.165, 1.54) is 0 Å². The van der Waals surface area contributed by atoms with Crippen molar-refractivity contribution in [2.45, 2.75) is 26.3 Å². The van der Waals surface area contributed by atoms with Crippen molar-refractivity contribution in [1.82, 2.24) is 9.97 Å². The van der Waals surface area contributed by atoms with E-state index in [1.54, 1.807) is 0 Å². The number of aromatic nitrogens is 2. The normalized spacial score (nSPS) is 10.5. The molecule has 11 heavy (non-hydrogen) atoms. The minimum absolute atomic E-state index is 0.426. The third-order valence-electron chi connectivity index (χ3n) is 1.47. The van der Waals surface area contributed by atoms with Gasteiger partial charge in [0.05, 0.1) is 5.69 Å². The van der Waals surface area contributed by atoms with E-state index < -0.39 is 0 Å². The molecule has 0 bridgehead atoms. The highest BCUT2D eigenvalue weighted by Crippen LogP contribution is 2.12. The number of hydrogen-bond acceptors (Lipinski definition) is 2. The van der Waals surface area contributed by atoms with Crippen LogP contribution in [0.3, 0.4) is 0 Å². The summed E-state index contributed by atoms with van der Waals surface area (Å²) in [5.74, 6) is 0.929. The molecule has 4 heteroatoms. The molecule has 0 fully saturated rings. The molecule has 0 aliphatic carbocycles. The number of halogens is 1. The summed E-state index contributed by atoms with van der Waals surface area (Å²) in [5, 5.41) is 0.510. The summed E-state index contributed by atoms with van der Waals surface area (Å²) >= 11 is 5.76. The van der Waals surface area contributed by atoms with E-state index in [4.69, 9.17) is 17.3 Å². The van der Waals surface area contributed by atoms with Gasteiger partial charge in [-0.25, -0.2) is 4.98 Å². The Morgan fingerprint density at radius 3 is 2.82 bits per heavy atom. The van der Waals surface area contributed by atoms with Gasteiger partial charge in [-0.15, -0.1) is 0 Å². The van der Waals surface area contributed by atoms with Crippen molar-refractivity contribution in [3.05, 3.63) is 16.7 Å². The van der Waals surface area contributed by atoms with Gasteiger partial charge in [-0.2, -0.15) is 0 Å². The fraction of sp³-hybridized carbons (Fsp3) is 0.571. The molecule has 1 aromatic rings. The van der Waals surface area contributed by atoms with Gasteiger partial charge in [-0.1, -0.05) is 18.5 Å². The lowest BCUT2D eigenvalue weighted by molar-refractivity contribution is 0.848. The number of nitrogens with zero attached hydrogens (tertiary/aromatic N) is 1. The molecule has 0 saturated carbocycles. The SMILES string of the molecule is CCCc1nc(Cl)c(CN)[nH]1. The molecule has 0 aliphatic heterocycles. The van der Waals surface area contributed by atoms with Crippen molar-refractivity contribution in [2.24, 2.45) is 5.73 Å². The van der Waals surface area contributed by atoms with E-state index in [-0.39, 0.29) is 0 Å². The van der Waals surface area contributed by atoms with E-state index >= 15 is 0 Å². The van der Waals surface area contributed by atoms with Crippen molar-refractivity contribution in [3.8, 4) is 0 Å². The first-order chi connectivity index (χ1) is 5.27. The second-order valence-electron chi connectivity index (χ2n) is 2.41. The summed E-state index contributed by atoms with van der Waals surface area (Å²) in [7, 11) is 0. The van der Waals surface area contributed by atoms with E-state index in [1.807, 2.05) is 0 Å². The van der Waals surface area contributed by atoms with Crippen LogP contribution >= 0.6 is 11.6 Å². The Bertz CT molecular complexity index is 232. The second-order valence-corrected chi connectivity index (χ2v) is 2.76. The highest BCUT2D eigenvalue weighted by atomic mass is 35.5. The zero-order chi connectivity index (χ0) is 8.27. The summed E-state index contributed by atoms with van der Waals surface area (Å²) in [6.07, 6.45) is 1.99. The number of nitrogens with two attached hydrogens (primary N) is 1. The van der Waals surface area contributed by atoms with Crippen molar-refractivity contribution in [3.63, 3.8) is 0 Å². The van der Waals surface area contributed by atoms with Gasteiger partial charge in [-0.05, 0) is 6.42 Å². The van der Waals surface area contributed by atoms with E-state index in [0.29, 0.717) is 11.7 Å². The average Bonchev–Trinajstić information content (AvgIpc) is 2.32. The minimum atomic E-state index is 0.426. The van der Waals surface area contributed by atoms with Crippen molar-refractivity contribution < 1.29 is 0 Å². The van der Waals surface area contributed by atoms with Crippen LogP contribution in [-0.4, -0.2) is 9.97 Å². The summed E-state index contributed by atoms with van der Waals surface area (Å²) in [4.78, 5) is 7.17. The van der Waals surface area contributed by atoms with Crippen LogP contribution in [-0.2, 0) is 13.0 Å². The van der Waals surface area contributed by atoms with Crippen molar-refractivity contribution >= 4 is 11.6 Å². The largest absolute Gasteiger partial charge is 0.344 e. The number of aromatic amines is 1. The van der Waals surface area contributed by atoms with Gasteiger partial charge in [-0.3, -0.25) is 0 Å². The number of H-pyrrole nitrogens is 1. The Hall–Kier alpha value is -0.540. The molecule has 62 valence electrons. The van der Waals surface area contributed by atoms with Crippen LogP contribution in [0.2, 0.25) is 5.15 Å². The topological polar surface area (TPSA) is 54.7 Å². The highest BCUT2D eigenvalue weighted by Gasteiger charge is 2.04. The van der Waals surface area contributed by atoms with Gasteiger partial charge < -0.3 is 10.7 Å². The van der Waals surface area contributed by atoms with Gasteiger partial charge in [0.15, 0.2) is 5.15 Å². The first kappa shape index (κ1) is 8.56. The smallest absolute Gasteiger partial charge is 0.151 e. The Morgan fingerprint density at radius 1 is 1.64 bits per heavy atom. The predicted octanol–water partition coefficient (Wildman–Crippen LogP) is 1.47. The average molecular weight is 174 g/mol. The van der Waals surface area contributed by atoms with Crippen LogP contribution in [0.5, 0.6) is 0 Å². The Morgan fingerprint density at radius 2 is 2.36 bits per heavy atom. The predicted molar refractivity (Wildman–Crippen MR) is 45.5 cm³/mol. The molecule has 0 aliphatic rings. The van der Waals surface area contributed by atoms with E-state index in [2.05, 4.69) is 16.9 Å². The Labute approximate surface area is 71.0 Å². The van der Waals surface area contributed by atoms with Gasteiger partial charge in [0, 0.05) is 13.0 Å². The molecule has 3 N–H and O–H groups in total. The maximum atomic E-state index is 5.76. The lowest BCUT2D eigenvalue weighted by Crippen LogP contribution is -1.97. The summed E-state index contributed by atoms with van der Waals surface area (Å²) in [6.45, 7) is 2.52. The van der Waals surface area contributed by atoms with Crippen LogP contribution < -0.4 is 5.73 Å². The molecular formula is C7H12ClN3. The van der Waals surface area contributed by atoms with Crippen molar-refractivity contribution in [1.29, 1.82) is 0 Å². The summed E-state index contributed by atoms with van der Waals surface area (Å²) in [5.41, 5.74) is 6.23. The second kappa shape index (κ2) is 3.74. The molecule has 3 nitrogen and oxygen atoms in total. The highest BCUT2D eigenvalue weighted by molar-refractivity contribution is 6.30. The maximum Gasteiger partial charge on any atom is 0.151 e. The van der Waals surface area contributed by atoms with Crippen LogP contribution in [0.25, 0.3) is 0 Å². The Kier molecular flexibility index (Phi) is 2.91. The molecule has 0 aromatic carbocycles. The molecule has 1 rings (SSSR count). The van der Waals surface area contributed by atoms with Crippen LogP contribution in [0, 0.1) is 0 Å². The van der Waals surface area contributed by atoms with Crippen molar-refractivity contribution in [2.75, 3.05) is 0 Å². The molecule has 0 radical (unpaired) electrons. The molecular weight excluding hydrogens is 162 g/mol. The molecule has 0 saturated heterocycles. The number of hydrogen-bond donors (Lipinski definition) is 2. The fourth-order valence-electron chi connectivity index (χ4n) is 0.930. The maximum absolute atomic E-state index is 5.76. The molecule has 0 spiro atoms.